The number of ether oxygens (including phenoxy) is 1. The number of aryl methyl sites for hydroxylation is 2. The third kappa shape index (κ3) is 3.47. The van der Waals surface area contributed by atoms with Crippen LogP contribution >= 0.6 is 11.6 Å². The molecule has 2 aromatic rings. The second-order valence-electron chi connectivity index (χ2n) is 5.87. The quantitative estimate of drug-likeness (QED) is 0.819. The van der Waals surface area contributed by atoms with Crippen molar-refractivity contribution in [3.8, 4) is 5.88 Å². The van der Waals surface area contributed by atoms with Crippen molar-refractivity contribution in [2.24, 2.45) is 7.05 Å². The van der Waals surface area contributed by atoms with Crippen LogP contribution in [0, 0.1) is 0 Å². The van der Waals surface area contributed by atoms with Crippen LogP contribution in [0.4, 0.5) is 5.82 Å². The standard InChI is InChI=1S/C16H23ClN6O/c1-4-13-12(16(17)21(2)20-13)10-22-5-7-23(8-6-22)14-9-15(24-3)19-11-18-14/h9,11H,4-8,10H2,1-3H3. The maximum atomic E-state index is 6.40. The number of methoxy groups -OCH3 is 1. The summed E-state index contributed by atoms with van der Waals surface area (Å²) < 4.78 is 6.94. The van der Waals surface area contributed by atoms with E-state index in [-0.39, 0.29) is 0 Å². The van der Waals surface area contributed by atoms with Gasteiger partial charge in [0.25, 0.3) is 0 Å². The molecule has 7 nitrogen and oxygen atoms in total. The summed E-state index contributed by atoms with van der Waals surface area (Å²) in [5, 5.41) is 5.24. The number of hydrogen-bond acceptors (Lipinski definition) is 6. The van der Waals surface area contributed by atoms with Crippen LogP contribution in [0.5, 0.6) is 5.88 Å². The summed E-state index contributed by atoms with van der Waals surface area (Å²) in [5.74, 6) is 1.51. The minimum atomic E-state index is 0.595. The highest BCUT2D eigenvalue weighted by Crippen LogP contribution is 2.23. The van der Waals surface area contributed by atoms with Gasteiger partial charge < -0.3 is 9.64 Å². The number of rotatable bonds is 5. The topological polar surface area (TPSA) is 59.3 Å². The Hall–Kier alpha value is -1.86. The van der Waals surface area contributed by atoms with Crippen molar-refractivity contribution in [1.82, 2.24) is 24.6 Å². The first-order valence-corrected chi connectivity index (χ1v) is 8.53. The summed E-state index contributed by atoms with van der Waals surface area (Å²) in [7, 11) is 3.51. The molecular formula is C16H23ClN6O. The molecule has 1 aliphatic heterocycles. The van der Waals surface area contributed by atoms with E-state index in [1.165, 1.54) is 0 Å². The van der Waals surface area contributed by atoms with E-state index in [1.54, 1.807) is 18.1 Å². The Morgan fingerprint density at radius 2 is 1.96 bits per heavy atom. The molecule has 0 amide bonds. The van der Waals surface area contributed by atoms with Crippen LogP contribution in [0.1, 0.15) is 18.2 Å². The van der Waals surface area contributed by atoms with Crippen molar-refractivity contribution in [3.05, 3.63) is 28.8 Å². The molecule has 0 atom stereocenters. The number of aromatic nitrogens is 4. The van der Waals surface area contributed by atoms with Crippen LogP contribution in [-0.4, -0.2) is 57.9 Å². The zero-order valence-electron chi connectivity index (χ0n) is 14.4. The Kier molecular flexibility index (Phi) is 5.20. The molecule has 1 saturated heterocycles. The first-order valence-electron chi connectivity index (χ1n) is 8.16. The first-order chi connectivity index (χ1) is 11.6. The van der Waals surface area contributed by atoms with E-state index >= 15 is 0 Å². The maximum Gasteiger partial charge on any atom is 0.218 e. The normalized spacial score (nSPS) is 15.8. The molecule has 0 N–H and O–H groups in total. The van der Waals surface area contributed by atoms with Crippen LogP contribution < -0.4 is 9.64 Å². The van der Waals surface area contributed by atoms with E-state index in [0.29, 0.717) is 5.88 Å². The van der Waals surface area contributed by atoms with Gasteiger partial charge in [-0.1, -0.05) is 18.5 Å². The van der Waals surface area contributed by atoms with Crippen LogP contribution in [0.3, 0.4) is 0 Å². The van der Waals surface area contributed by atoms with Crippen molar-refractivity contribution in [2.75, 3.05) is 38.2 Å². The molecule has 1 fully saturated rings. The molecule has 2 aromatic heterocycles. The largest absolute Gasteiger partial charge is 0.481 e. The van der Waals surface area contributed by atoms with Crippen molar-refractivity contribution in [3.63, 3.8) is 0 Å². The molecule has 0 saturated carbocycles. The first kappa shape index (κ1) is 17.0. The Balaban J connectivity index is 1.63. The molecule has 0 unspecified atom stereocenters. The average Bonchev–Trinajstić information content (AvgIpc) is 2.90. The lowest BCUT2D eigenvalue weighted by Crippen LogP contribution is -2.46. The van der Waals surface area contributed by atoms with E-state index in [2.05, 4.69) is 31.8 Å². The van der Waals surface area contributed by atoms with E-state index in [9.17, 15) is 0 Å². The van der Waals surface area contributed by atoms with Crippen LogP contribution in [0.15, 0.2) is 12.4 Å². The summed E-state index contributed by atoms with van der Waals surface area (Å²) in [4.78, 5) is 13.1. The minimum Gasteiger partial charge on any atom is -0.481 e. The zero-order valence-corrected chi connectivity index (χ0v) is 15.1. The van der Waals surface area contributed by atoms with Crippen molar-refractivity contribution in [1.29, 1.82) is 0 Å². The van der Waals surface area contributed by atoms with Gasteiger partial charge in [-0.3, -0.25) is 9.58 Å². The number of piperazine rings is 1. The van der Waals surface area contributed by atoms with Gasteiger partial charge in [0.15, 0.2) is 0 Å². The summed E-state index contributed by atoms with van der Waals surface area (Å²) in [5.41, 5.74) is 2.24. The van der Waals surface area contributed by atoms with Gasteiger partial charge in [-0.05, 0) is 6.42 Å². The molecule has 130 valence electrons. The molecular weight excluding hydrogens is 328 g/mol. The molecule has 0 aromatic carbocycles. The number of halogens is 1. The SMILES string of the molecule is CCc1nn(C)c(Cl)c1CN1CCN(c2cc(OC)ncn2)CC1. The third-order valence-corrected chi connectivity index (χ3v) is 4.87. The Morgan fingerprint density at radius 3 is 2.62 bits per heavy atom. The minimum absolute atomic E-state index is 0.595. The molecule has 0 aliphatic carbocycles. The second kappa shape index (κ2) is 7.36. The molecule has 3 rings (SSSR count). The maximum absolute atomic E-state index is 6.40. The summed E-state index contributed by atoms with van der Waals surface area (Å²) in [6.07, 6.45) is 2.44. The molecule has 0 radical (unpaired) electrons. The second-order valence-corrected chi connectivity index (χ2v) is 6.23. The Bertz CT molecular complexity index is 696. The van der Waals surface area contributed by atoms with Crippen LogP contribution in [-0.2, 0) is 20.0 Å². The molecule has 0 spiro atoms. The lowest BCUT2D eigenvalue weighted by Gasteiger charge is -2.35. The van der Waals surface area contributed by atoms with Crippen molar-refractivity contribution >= 4 is 17.4 Å². The smallest absolute Gasteiger partial charge is 0.218 e. The number of nitrogens with zero attached hydrogens (tertiary/aromatic N) is 6. The summed E-state index contributed by atoms with van der Waals surface area (Å²) in [6.45, 7) is 6.71. The van der Waals surface area contributed by atoms with Gasteiger partial charge in [-0.2, -0.15) is 5.10 Å². The monoisotopic (exact) mass is 350 g/mol. The molecule has 3 heterocycles. The molecule has 1 aliphatic rings. The average molecular weight is 351 g/mol. The van der Waals surface area contributed by atoms with Crippen LogP contribution in [0.25, 0.3) is 0 Å². The number of anilines is 1. The van der Waals surface area contributed by atoms with E-state index < -0.39 is 0 Å². The fourth-order valence-corrected chi connectivity index (χ4v) is 3.22. The van der Waals surface area contributed by atoms with Gasteiger partial charge in [-0.25, -0.2) is 9.97 Å². The van der Waals surface area contributed by atoms with Gasteiger partial charge in [0.2, 0.25) is 5.88 Å². The van der Waals surface area contributed by atoms with E-state index in [0.717, 1.165) is 61.4 Å². The van der Waals surface area contributed by atoms with Gasteiger partial charge in [0.05, 0.1) is 12.8 Å². The van der Waals surface area contributed by atoms with Crippen molar-refractivity contribution in [2.45, 2.75) is 19.9 Å². The van der Waals surface area contributed by atoms with Gasteiger partial charge in [0.1, 0.15) is 17.3 Å². The fraction of sp³-hybridized carbons (Fsp3) is 0.562. The third-order valence-electron chi connectivity index (χ3n) is 4.40. The van der Waals surface area contributed by atoms with Crippen molar-refractivity contribution < 1.29 is 4.74 Å². The highest BCUT2D eigenvalue weighted by molar-refractivity contribution is 6.30. The van der Waals surface area contributed by atoms with E-state index in [1.807, 2.05) is 13.1 Å². The highest BCUT2D eigenvalue weighted by atomic mass is 35.5. The Labute approximate surface area is 147 Å². The fourth-order valence-electron chi connectivity index (χ4n) is 3.01. The lowest BCUT2D eigenvalue weighted by atomic mass is 10.2. The van der Waals surface area contributed by atoms with Gasteiger partial charge in [0, 0.05) is 51.4 Å². The predicted octanol–water partition coefficient (Wildman–Crippen LogP) is 1.76. The lowest BCUT2D eigenvalue weighted by molar-refractivity contribution is 0.248. The summed E-state index contributed by atoms with van der Waals surface area (Å²) in [6, 6.07) is 1.88. The molecule has 24 heavy (non-hydrogen) atoms. The molecule has 8 heteroatoms. The molecule has 0 bridgehead atoms. The van der Waals surface area contributed by atoms with Gasteiger partial charge in [-0.15, -0.1) is 0 Å². The summed E-state index contributed by atoms with van der Waals surface area (Å²) >= 11 is 6.40. The zero-order chi connectivity index (χ0) is 17.1. The predicted molar refractivity (Wildman–Crippen MR) is 93.7 cm³/mol. The van der Waals surface area contributed by atoms with Crippen LogP contribution in [0.2, 0.25) is 5.15 Å². The highest BCUT2D eigenvalue weighted by Gasteiger charge is 2.22. The Morgan fingerprint density at radius 1 is 1.21 bits per heavy atom. The van der Waals surface area contributed by atoms with Gasteiger partial charge >= 0.3 is 0 Å². The van der Waals surface area contributed by atoms with E-state index in [4.69, 9.17) is 16.3 Å². The number of hydrogen-bond donors (Lipinski definition) is 0.